The number of halogens is 1. The van der Waals surface area contributed by atoms with Gasteiger partial charge in [-0.2, -0.15) is 0 Å². The molecule has 0 amide bonds. The van der Waals surface area contributed by atoms with Crippen molar-refractivity contribution in [2.75, 3.05) is 20.8 Å². The molecule has 5 nitrogen and oxygen atoms in total. The maximum absolute atomic E-state index is 11.8. The fourth-order valence-electron chi connectivity index (χ4n) is 1.96. The summed E-state index contributed by atoms with van der Waals surface area (Å²) in [5.74, 6) is 0.903. The minimum atomic E-state index is -0.826. The summed E-state index contributed by atoms with van der Waals surface area (Å²) in [5.41, 5.74) is 6.17. The average molecular weight is 318 g/mol. The molecule has 0 aliphatic carbocycles. The highest BCUT2D eigenvalue weighted by Crippen LogP contribution is 2.36. The molecule has 0 saturated carbocycles. The van der Waals surface area contributed by atoms with Gasteiger partial charge in [0.05, 0.1) is 26.2 Å². The molecule has 0 spiro atoms. The molecule has 0 unspecified atom stereocenters. The van der Waals surface area contributed by atoms with Crippen molar-refractivity contribution in [2.45, 2.75) is 26.8 Å². The SMILES string of the molecule is CCOc1ccc([C@H](N)C(C)(C)C(=O)OC)cc1OC.Cl. The molecule has 0 saturated heterocycles. The molecule has 21 heavy (non-hydrogen) atoms. The molecule has 120 valence electrons. The van der Waals surface area contributed by atoms with E-state index in [1.165, 1.54) is 7.11 Å². The minimum absolute atomic E-state index is 0. The van der Waals surface area contributed by atoms with Crippen molar-refractivity contribution in [3.63, 3.8) is 0 Å². The molecule has 0 bridgehead atoms. The van der Waals surface area contributed by atoms with Gasteiger partial charge in [-0.15, -0.1) is 12.4 Å². The minimum Gasteiger partial charge on any atom is -0.493 e. The van der Waals surface area contributed by atoms with Gasteiger partial charge < -0.3 is 19.9 Å². The number of benzene rings is 1. The van der Waals surface area contributed by atoms with Crippen LogP contribution in [-0.2, 0) is 9.53 Å². The van der Waals surface area contributed by atoms with E-state index in [1.54, 1.807) is 33.1 Å². The van der Waals surface area contributed by atoms with Crippen molar-refractivity contribution in [3.8, 4) is 11.5 Å². The maximum atomic E-state index is 11.8. The fraction of sp³-hybridized carbons (Fsp3) is 0.533. The van der Waals surface area contributed by atoms with Gasteiger partial charge in [0.25, 0.3) is 0 Å². The molecule has 6 heteroatoms. The highest BCUT2D eigenvalue weighted by molar-refractivity contribution is 5.85. The number of nitrogens with two attached hydrogens (primary N) is 1. The first-order valence-corrected chi connectivity index (χ1v) is 6.53. The van der Waals surface area contributed by atoms with E-state index in [2.05, 4.69) is 0 Å². The molecular weight excluding hydrogens is 294 g/mol. The second-order valence-corrected chi connectivity index (χ2v) is 5.03. The molecule has 1 rings (SSSR count). The monoisotopic (exact) mass is 317 g/mol. The van der Waals surface area contributed by atoms with Crippen LogP contribution in [0.1, 0.15) is 32.4 Å². The van der Waals surface area contributed by atoms with Gasteiger partial charge in [0.15, 0.2) is 11.5 Å². The predicted molar refractivity (Wildman–Crippen MR) is 84.1 cm³/mol. The molecule has 1 atom stereocenters. The van der Waals surface area contributed by atoms with Crippen LogP contribution < -0.4 is 15.2 Å². The summed E-state index contributed by atoms with van der Waals surface area (Å²) in [5, 5.41) is 0. The van der Waals surface area contributed by atoms with Crippen LogP contribution in [0, 0.1) is 5.41 Å². The van der Waals surface area contributed by atoms with Crippen LogP contribution in [0.5, 0.6) is 11.5 Å². The largest absolute Gasteiger partial charge is 0.493 e. The Labute approximate surface area is 132 Å². The van der Waals surface area contributed by atoms with Crippen molar-refractivity contribution in [1.82, 2.24) is 0 Å². The Bertz CT molecular complexity index is 477. The lowest BCUT2D eigenvalue weighted by molar-refractivity contribution is -0.152. The second kappa shape index (κ2) is 8.10. The lowest BCUT2D eigenvalue weighted by Crippen LogP contribution is -2.37. The van der Waals surface area contributed by atoms with Gasteiger partial charge >= 0.3 is 5.97 Å². The van der Waals surface area contributed by atoms with Gasteiger partial charge in [0.2, 0.25) is 0 Å². The Morgan fingerprint density at radius 1 is 1.29 bits per heavy atom. The van der Waals surface area contributed by atoms with E-state index in [4.69, 9.17) is 19.9 Å². The van der Waals surface area contributed by atoms with Crippen LogP contribution in [0.3, 0.4) is 0 Å². The number of rotatable bonds is 6. The average Bonchev–Trinajstić information content (AvgIpc) is 2.46. The molecule has 0 aliphatic heterocycles. The number of carbonyl (C=O) groups is 1. The lowest BCUT2D eigenvalue weighted by atomic mass is 9.81. The van der Waals surface area contributed by atoms with Crippen LogP contribution >= 0.6 is 12.4 Å². The fourth-order valence-corrected chi connectivity index (χ4v) is 1.96. The van der Waals surface area contributed by atoms with Crippen LogP contribution in [0.2, 0.25) is 0 Å². The van der Waals surface area contributed by atoms with E-state index in [-0.39, 0.29) is 18.4 Å². The summed E-state index contributed by atoms with van der Waals surface area (Å²) in [6.07, 6.45) is 0. The topological polar surface area (TPSA) is 70.8 Å². The number of ether oxygens (including phenoxy) is 3. The van der Waals surface area contributed by atoms with Gasteiger partial charge in [-0.3, -0.25) is 4.79 Å². The van der Waals surface area contributed by atoms with Crippen molar-refractivity contribution >= 4 is 18.4 Å². The Balaban J connectivity index is 0.00000400. The summed E-state index contributed by atoms with van der Waals surface area (Å²) in [6.45, 7) is 5.97. The lowest BCUT2D eigenvalue weighted by Gasteiger charge is -2.29. The molecule has 0 fully saturated rings. The first-order valence-electron chi connectivity index (χ1n) is 6.53. The molecule has 1 aromatic carbocycles. The molecule has 0 heterocycles. The molecule has 1 aromatic rings. The quantitative estimate of drug-likeness (QED) is 0.817. The summed E-state index contributed by atoms with van der Waals surface area (Å²) in [7, 11) is 2.92. The summed E-state index contributed by atoms with van der Waals surface area (Å²) >= 11 is 0. The number of hydrogen-bond donors (Lipinski definition) is 1. The van der Waals surface area contributed by atoms with Crippen LogP contribution in [-0.4, -0.2) is 26.8 Å². The smallest absolute Gasteiger partial charge is 0.313 e. The zero-order chi connectivity index (χ0) is 15.3. The highest BCUT2D eigenvalue weighted by Gasteiger charge is 2.36. The van der Waals surface area contributed by atoms with Crippen molar-refractivity contribution in [2.24, 2.45) is 11.1 Å². The molecule has 2 N–H and O–H groups in total. The van der Waals surface area contributed by atoms with E-state index in [1.807, 2.05) is 13.0 Å². The third-order valence-electron chi connectivity index (χ3n) is 3.34. The third-order valence-corrected chi connectivity index (χ3v) is 3.34. The first-order chi connectivity index (χ1) is 9.38. The summed E-state index contributed by atoms with van der Waals surface area (Å²) in [6, 6.07) is 4.92. The van der Waals surface area contributed by atoms with E-state index < -0.39 is 11.5 Å². The zero-order valence-corrected chi connectivity index (χ0v) is 14.0. The normalized spacial score (nSPS) is 12.1. The molecule has 0 radical (unpaired) electrons. The van der Waals surface area contributed by atoms with Gasteiger partial charge in [0.1, 0.15) is 0 Å². The Morgan fingerprint density at radius 3 is 2.38 bits per heavy atom. The van der Waals surface area contributed by atoms with Gasteiger partial charge in [-0.1, -0.05) is 6.07 Å². The van der Waals surface area contributed by atoms with Gasteiger partial charge in [0, 0.05) is 6.04 Å². The van der Waals surface area contributed by atoms with Crippen molar-refractivity contribution < 1.29 is 19.0 Å². The van der Waals surface area contributed by atoms with E-state index in [0.29, 0.717) is 18.1 Å². The predicted octanol–water partition coefficient (Wildman–Crippen LogP) is 2.71. The molecule has 0 aromatic heterocycles. The van der Waals surface area contributed by atoms with Crippen LogP contribution in [0.15, 0.2) is 18.2 Å². The summed E-state index contributed by atoms with van der Waals surface area (Å²) in [4.78, 5) is 11.8. The maximum Gasteiger partial charge on any atom is 0.313 e. The number of carbonyl (C=O) groups excluding carboxylic acids is 1. The Kier molecular flexibility index (Phi) is 7.53. The van der Waals surface area contributed by atoms with E-state index in [0.717, 1.165) is 5.56 Å². The van der Waals surface area contributed by atoms with Crippen LogP contribution in [0.25, 0.3) is 0 Å². The number of esters is 1. The summed E-state index contributed by atoms with van der Waals surface area (Å²) < 4.78 is 15.6. The zero-order valence-electron chi connectivity index (χ0n) is 13.1. The highest BCUT2D eigenvalue weighted by atomic mass is 35.5. The van der Waals surface area contributed by atoms with Gasteiger partial charge in [-0.05, 0) is 38.5 Å². The Hall–Kier alpha value is -1.46. The van der Waals surface area contributed by atoms with E-state index >= 15 is 0 Å². The second-order valence-electron chi connectivity index (χ2n) is 5.03. The van der Waals surface area contributed by atoms with Crippen molar-refractivity contribution in [1.29, 1.82) is 0 Å². The number of hydrogen-bond acceptors (Lipinski definition) is 5. The Morgan fingerprint density at radius 2 is 1.90 bits per heavy atom. The van der Waals surface area contributed by atoms with Crippen molar-refractivity contribution in [3.05, 3.63) is 23.8 Å². The number of methoxy groups -OCH3 is 2. The van der Waals surface area contributed by atoms with Gasteiger partial charge in [-0.25, -0.2) is 0 Å². The third kappa shape index (κ3) is 4.25. The van der Waals surface area contributed by atoms with E-state index in [9.17, 15) is 4.79 Å². The standard InChI is InChI=1S/C15H23NO4.ClH/c1-6-20-11-8-7-10(9-12(11)18-4)13(16)15(2,3)14(17)19-5;/h7-9,13H,6,16H2,1-5H3;1H/t13-;/m0./s1. The molecular formula is C15H24ClNO4. The molecule has 0 aliphatic rings. The van der Waals surface area contributed by atoms with Crippen LogP contribution in [0.4, 0.5) is 0 Å². The first kappa shape index (κ1) is 19.5.